The first kappa shape index (κ1) is 24.1. The zero-order valence-electron chi connectivity index (χ0n) is 20.1. The Morgan fingerprint density at radius 3 is 2.38 bits per heavy atom. The number of nitrogens with one attached hydrogen (secondary N) is 2. The van der Waals surface area contributed by atoms with Gasteiger partial charge in [-0.15, -0.1) is 0 Å². The van der Waals surface area contributed by atoms with Crippen molar-refractivity contribution in [3.05, 3.63) is 52.1 Å². The molecule has 182 valence electrons. The Balaban J connectivity index is 1.54. The summed E-state index contributed by atoms with van der Waals surface area (Å²) in [4.78, 5) is 39.1. The van der Waals surface area contributed by atoms with E-state index < -0.39 is 23.1 Å². The molecule has 1 aromatic heterocycles. The normalized spacial score (nSPS) is 22.4. The quantitative estimate of drug-likeness (QED) is 0.441. The van der Waals surface area contributed by atoms with E-state index in [9.17, 15) is 23.9 Å². The van der Waals surface area contributed by atoms with Crippen molar-refractivity contribution in [3.8, 4) is 0 Å². The number of benzene rings is 1. The molecule has 34 heavy (non-hydrogen) atoms. The molecule has 2 aliphatic carbocycles. The summed E-state index contributed by atoms with van der Waals surface area (Å²) in [6.07, 6.45) is 3.84. The molecule has 0 radical (unpaired) electrons. The van der Waals surface area contributed by atoms with Crippen LogP contribution in [0.15, 0.2) is 18.2 Å². The third-order valence-electron chi connectivity index (χ3n) is 7.32. The lowest BCUT2D eigenvalue weighted by Crippen LogP contribution is -2.51. The molecule has 1 aromatic carbocycles. The van der Waals surface area contributed by atoms with E-state index in [0.717, 1.165) is 12.8 Å². The third kappa shape index (κ3) is 4.64. The lowest BCUT2D eigenvalue weighted by molar-refractivity contribution is -0.119. The Morgan fingerprint density at radius 2 is 1.76 bits per heavy atom. The maximum absolute atomic E-state index is 14.1. The lowest BCUT2D eigenvalue weighted by atomic mass is 9.82. The van der Waals surface area contributed by atoms with Crippen LogP contribution in [0.4, 0.5) is 10.1 Å². The van der Waals surface area contributed by atoms with Crippen LogP contribution in [0, 0.1) is 19.7 Å². The number of nitrogens with zero attached hydrogens (tertiary/aromatic N) is 1. The maximum atomic E-state index is 14.1. The van der Waals surface area contributed by atoms with Gasteiger partial charge in [0.15, 0.2) is 0 Å². The molecule has 2 amide bonds. The number of carbonyl (C=O) groups excluding carboxylic acids is 3. The van der Waals surface area contributed by atoms with E-state index >= 15 is 0 Å². The second kappa shape index (κ2) is 8.98. The number of rotatable bonds is 6. The average Bonchev–Trinajstić information content (AvgIpc) is 3.59. The van der Waals surface area contributed by atoms with Gasteiger partial charge in [-0.2, -0.15) is 0 Å². The monoisotopic (exact) mass is 469 g/mol. The van der Waals surface area contributed by atoms with E-state index in [-0.39, 0.29) is 23.5 Å². The topological polar surface area (TPSA) is 100 Å². The van der Waals surface area contributed by atoms with Crippen molar-refractivity contribution in [3.63, 3.8) is 0 Å². The summed E-state index contributed by atoms with van der Waals surface area (Å²) < 4.78 is 15.6. The van der Waals surface area contributed by atoms with Gasteiger partial charge >= 0.3 is 0 Å². The third-order valence-corrected chi connectivity index (χ3v) is 7.32. The molecular formula is C26H32FN3O4. The molecule has 1 heterocycles. The molecule has 0 atom stereocenters. The molecule has 2 aromatic rings. The van der Waals surface area contributed by atoms with Crippen LogP contribution >= 0.6 is 0 Å². The minimum absolute atomic E-state index is 0.164. The van der Waals surface area contributed by atoms with Crippen LogP contribution in [0.3, 0.4) is 0 Å². The Kier molecular flexibility index (Phi) is 6.38. The van der Waals surface area contributed by atoms with Crippen LogP contribution in [0.1, 0.15) is 89.0 Å². The largest absolute Gasteiger partial charge is 0.393 e. The first-order chi connectivity index (χ1) is 16.0. The molecule has 2 saturated carbocycles. The van der Waals surface area contributed by atoms with Crippen molar-refractivity contribution in [1.29, 1.82) is 0 Å². The summed E-state index contributed by atoms with van der Waals surface area (Å²) in [7, 11) is 1.65. The van der Waals surface area contributed by atoms with Crippen LogP contribution in [0.25, 0.3) is 0 Å². The first-order valence-corrected chi connectivity index (χ1v) is 11.8. The average molecular weight is 470 g/mol. The molecule has 0 spiro atoms. The van der Waals surface area contributed by atoms with Crippen molar-refractivity contribution in [2.24, 2.45) is 7.05 Å². The van der Waals surface area contributed by atoms with Crippen molar-refractivity contribution >= 4 is 23.3 Å². The number of aliphatic hydroxyl groups is 1. The van der Waals surface area contributed by atoms with Crippen molar-refractivity contribution in [2.45, 2.75) is 76.9 Å². The minimum atomic E-state index is -0.720. The molecule has 0 aliphatic heterocycles. The standard InChI is InChI=1S/C26H32FN3O4/c1-14-21(24(33)28-17-7-8-20(27)19(13-17)16-5-6-16)15(2)30(4)22(14)23(32)25(34)29-26(3)11-9-18(31)10-12-26/h7-8,13,16,18,31H,5-6,9-12H2,1-4H3,(H,28,33)(H,29,34). The van der Waals surface area contributed by atoms with Crippen LogP contribution in [-0.4, -0.2) is 38.9 Å². The first-order valence-electron chi connectivity index (χ1n) is 11.8. The van der Waals surface area contributed by atoms with Gasteiger partial charge in [-0.1, -0.05) is 0 Å². The predicted molar refractivity (Wildman–Crippen MR) is 127 cm³/mol. The smallest absolute Gasteiger partial charge is 0.294 e. The molecule has 2 aliphatic rings. The van der Waals surface area contributed by atoms with Crippen LogP contribution in [-0.2, 0) is 11.8 Å². The molecule has 0 bridgehead atoms. The second-order valence-corrected chi connectivity index (χ2v) is 10.0. The highest BCUT2D eigenvalue weighted by Crippen LogP contribution is 2.42. The van der Waals surface area contributed by atoms with Crippen LogP contribution < -0.4 is 10.6 Å². The number of hydrogen-bond acceptors (Lipinski definition) is 4. The molecule has 2 fully saturated rings. The number of aromatic nitrogens is 1. The fourth-order valence-electron chi connectivity index (χ4n) is 4.96. The number of halogens is 1. The highest BCUT2D eigenvalue weighted by Gasteiger charge is 2.35. The maximum Gasteiger partial charge on any atom is 0.294 e. The van der Waals surface area contributed by atoms with Gasteiger partial charge < -0.3 is 20.3 Å². The van der Waals surface area contributed by atoms with Gasteiger partial charge in [-0.3, -0.25) is 14.4 Å². The summed E-state index contributed by atoms with van der Waals surface area (Å²) in [5.41, 5.74) is 2.02. The van der Waals surface area contributed by atoms with Gasteiger partial charge in [0.05, 0.1) is 17.4 Å². The fraction of sp³-hybridized carbons (Fsp3) is 0.500. The van der Waals surface area contributed by atoms with Gasteiger partial charge in [0, 0.05) is 24.0 Å². The molecule has 3 N–H and O–H groups in total. The number of ketones is 1. The van der Waals surface area contributed by atoms with Gasteiger partial charge in [0.2, 0.25) is 0 Å². The van der Waals surface area contributed by atoms with Gasteiger partial charge in [-0.05, 0) is 94.5 Å². The number of aliphatic hydroxyl groups excluding tert-OH is 1. The fourth-order valence-corrected chi connectivity index (χ4v) is 4.96. The molecule has 0 unspecified atom stereocenters. The zero-order valence-corrected chi connectivity index (χ0v) is 20.1. The highest BCUT2D eigenvalue weighted by molar-refractivity contribution is 6.43. The zero-order chi connectivity index (χ0) is 24.8. The van der Waals surface area contributed by atoms with E-state index in [1.54, 1.807) is 31.5 Å². The van der Waals surface area contributed by atoms with Gasteiger partial charge in [0.25, 0.3) is 17.6 Å². The summed E-state index contributed by atoms with van der Waals surface area (Å²) in [6.45, 7) is 5.26. The summed E-state index contributed by atoms with van der Waals surface area (Å²) in [5, 5.41) is 15.4. The molecule has 4 rings (SSSR count). The van der Waals surface area contributed by atoms with Crippen LogP contribution in [0.5, 0.6) is 0 Å². The van der Waals surface area contributed by atoms with E-state index in [2.05, 4.69) is 10.6 Å². The van der Waals surface area contributed by atoms with Gasteiger partial charge in [0.1, 0.15) is 5.82 Å². The number of Topliss-reactive ketones (excluding diaryl/α,β-unsaturated/α-hetero) is 1. The Hall–Kier alpha value is -3.00. The minimum Gasteiger partial charge on any atom is -0.393 e. The summed E-state index contributed by atoms with van der Waals surface area (Å²) in [6, 6.07) is 4.55. The number of amides is 2. The summed E-state index contributed by atoms with van der Waals surface area (Å²) >= 11 is 0. The Bertz CT molecular complexity index is 1160. The predicted octanol–water partition coefficient (Wildman–Crippen LogP) is 3.90. The number of anilines is 1. The van der Waals surface area contributed by atoms with Gasteiger partial charge in [-0.25, -0.2) is 4.39 Å². The molecular weight excluding hydrogens is 437 g/mol. The second-order valence-electron chi connectivity index (χ2n) is 10.0. The van der Waals surface area contributed by atoms with Crippen molar-refractivity contribution in [1.82, 2.24) is 9.88 Å². The van der Waals surface area contributed by atoms with E-state index in [4.69, 9.17) is 0 Å². The van der Waals surface area contributed by atoms with Crippen molar-refractivity contribution < 1.29 is 23.9 Å². The SMILES string of the molecule is Cc1c(C(=O)Nc2ccc(F)c(C3CC3)c2)c(C)n(C)c1C(=O)C(=O)NC1(C)CCC(O)CC1. The molecule has 0 saturated heterocycles. The number of carbonyl (C=O) groups is 3. The number of hydrogen-bond donors (Lipinski definition) is 3. The van der Waals surface area contributed by atoms with Crippen molar-refractivity contribution in [2.75, 3.05) is 5.32 Å². The Morgan fingerprint density at radius 1 is 1.12 bits per heavy atom. The Labute approximate surface area is 198 Å². The van der Waals surface area contributed by atoms with E-state index in [1.165, 1.54) is 12.1 Å². The molecule has 8 heteroatoms. The van der Waals surface area contributed by atoms with E-state index in [0.29, 0.717) is 53.8 Å². The lowest BCUT2D eigenvalue weighted by Gasteiger charge is -2.36. The highest BCUT2D eigenvalue weighted by atomic mass is 19.1. The summed E-state index contributed by atoms with van der Waals surface area (Å²) in [5.74, 6) is -1.90. The van der Waals surface area contributed by atoms with E-state index in [1.807, 2.05) is 6.92 Å². The van der Waals surface area contributed by atoms with Crippen LogP contribution in [0.2, 0.25) is 0 Å². The molecule has 7 nitrogen and oxygen atoms in total.